The number of rotatable bonds is 4. The second kappa shape index (κ2) is 7.01. The lowest BCUT2D eigenvalue weighted by atomic mass is 10.1. The van der Waals surface area contributed by atoms with Gasteiger partial charge in [0, 0.05) is 17.6 Å². The Kier molecular flexibility index (Phi) is 4.96. The van der Waals surface area contributed by atoms with Crippen LogP contribution in [0.1, 0.15) is 16.0 Å². The minimum absolute atomic E-state index is 0.0773. The first-order chi connectivity index (χ1) is 11.8. The van der Waals surface area contributed by atoms with Crippen LogP contribution in [0.5, 0.6) is 0 Å². The molecule has 25 heavy (non-hydrogen) atoms. The maximum Gasteiger partial charge on any atom is 0.262 e. The Morgan fingerprint density at radius 3 is 2.56 bits per heavy atom. The molecule has 3 aromatic rings. The normalized spacial score (nSPS) is 11.0. The molecule has 2 aromatic heterocycles. The first-order valence-corrected chi connectivity index (χ1v) is 9.62. The summed E-state index contributed by atoms with van der Waals surface area (Å²) in [6, 6.07) is 7.78. The van der Waals surface area contributed by atoms with Gasteiger partial charge in [-0.3, -0.25) is 14.2 Å². The number of hydrogen-bond donors (Lipinski definition) is 1. The zero-order valence-corrected chi connectivity index (χ0v) is 16.2. The zero-order chi connectivity index (χ0) is 18.1. The van der Waals surface area contributed by atoms with Crippen LogP contribution in [0.3, 0.4) is 0 Å². The van der Waals surface area contributed by atoms with Crippen LogP contribution in [0.25, 0.3) is 10.2 Å². The van der Waals surface area contributed by atoms with E-state index in [0.29, 0.717) is 10.5 Å². The Morgan fingerprint density at radius 1 is 1.20 bits per heavy atom. The fourth-order valence-corrected chi connectivity index (χ4v) is 4.36. The second-order valence-corrected chi connectivity index (χ2v) is 8.22. The molecule has 2 heterocycles. The van der Waals surface area contributed by atoms with Crippen molar-refractivity contribution in [3.05, 3.63) is 50.6 Å². The number of anilines is 1. The molecule has 0 saturated carbocycles. The van der Waals surface area contributed by atoms with Crippen LogP contribution in [0.15, 0.2) is 34.2 Å². The minimum atomic E-state index is -0.119. The molecule has 0 atom stereocenters. The Balaban J connectivity index is 1.74. The van der Waals surface area contributed by atoms with Gasteiger partial charge in [-0.05, 0) is 50.1 Å². The van der Waals surface area contributed by atoms with Gasteiger partial charge in [0.1, 0.15) is 4.83 Å². The number of carbonyl (C=O) groups excluding carboxylic acids is 1. The number of fused-ring (bicyclic) bond motifs is 1. The molecule has 1 aromatic carbocycles. The van der Waals surface area contributed by atoms with Gasteiger partial charge in [0.05, 0.1) is 11.1 Å². The van der Waals surface area contributed by atoms with E-state index in [9.17, 15) is 9.59 Å². The van der Waals surface area contributed by atoms with Crippen LogP contribution in [0.4, 0.5) is 5.69 Å². The number of carbonyl (C=O) groups is 1. The van der Waals surface area contributed by atoms with E-state index in [1.807, 2.05) is 39.0 Å². The van der Waals surface area contributed by atoms with Crippen molar-refractivity contribution in [2.24, 2.45) is 7.05 Å². The summed E-state index contributed by atoms with van der Waals surface area (Å²) >= 11 is 2.76. The summed E-state index contributed by atoms with van der Waals surface area (Å²) in [6.07, 6.45) is 0. The quantitative estimate of drug-likeness (QED) is 0.560. The van der Waals surface area contributed by atoms with Gasteiger partial charge in [0.25, 0.3) is 5.56 Å². The monoisotopic (exact) mass is 373 g/mol. The smallest absolute Gasteiger partial charge is 0.262 e. The Bertz CT molecular complexity index is 1000. The zero-order valence-electron chi connectivity index (χ0n) is 14.5. The number of nitrogens with zero attached hydrogens (tertiary/aromatic N) is 2. The van der Waals surface area contributed by atoms with Gasteiger partial charge in [-0.2, -0.15) is 0 Å². The molecular formula is C18H19N3O2S2. The van der Waals surface area contributed by atoms with Crippen LogP contribution in [0.2, 0.25) is 0 Å². The van der Waals surface area contributed by atoms with Gasteiger partial charge in [0.2, 0.25) is 5.91 Å². The van der Waals surface area contributed by atoms with Crippen molar-refractivity contribution in [2.45, 2.75) is 25.9 Å². The molecule has 0 bridgehead atoms. The number of nitrogens with one attached hydrogen (secondary N) is 1. The number of amides is 1. The maximum atomic E-state index is 12.4. The minimum Gasteiger partial charge on any atom is -0.325 e. The highest BCUT2D eigenvalue weighted by Gasteiger charge is 2.13. The predicted octanol–water partition coefficient (Wildman–Crippen LogP) is 3.65. The van der Waals surface area contributed by atoms with Crippen LogP contribution < -0.4 is 10.9 Å². The van der Waals surface area contributed by atoms with Crippen molar-refractivity contribution in [3.8, 4) is 0 Å². The second-order valence-electron chi connectivity index (χ2n) is 6.05. The van der Waals surface area contributed by atoms with Gasteiger partial charge < -0.3 is 5.32 Å². The molecule has 3 rings (SSSR count). The van der Waals surface area contributed by atoms with Gasteiger partial charge >= 0.3 is 0 Å². The SMILES string of the molecule is Cc1cc(C)cc(NC(=O)CSc2nc3sc(C)cc3c(=O)n2C)c1. The molecule has 7 heteroatoms. The van der Waals surface area contributed by atoms with Crippen molar-refractivity contribution >= 4 is 44.9 Å². The summed E-state index contributed by atoms with van der Waals surface area (Å²) < 4.78 is 1.50. The number of aromatic nitrogens is 2. The molecule has 1 N–H and O–H groups in total. The third kappa shape index (κ3) is 3.93. The number of benzene rings is 1. The number of thioether (sulfide) groups is 1. The highest BCUT2D eigenvalue weighted by atomic mass is 32.2. The third-order valence-electron chi connectivity index (χ3n) is 3.69. The van der Waals surface area contributed by atoms with Crippen molar-refractivity contribution < 1.29 is 4.79 Å². The maximum absolute atomic E-state index is 12.4. The standard InChI is InChI=1S/C18H19N3O2S2/c1-10-5-11(2)7-13(6-10)19-15(22)9-24-18-20-16-14(8-12(3)25-16)17(23)21(18)4/h5-8H,9H2,1-4H3,(H,19,22). The van der Waals surface area contributed by atoms with Crippen molar-refractivity contribution in [1.29, 1.82) is 0 Å². The Morgan fingerprint density at radius 2 is 1.88 bits per heavy atom. The lowest BCUT2D eigenvalue weighted by Gasteiger charge is -2.09. The van der Waals surface area contributed by atoms with Gasteiger partial charge in [-0.1, -0.05) is 17.8 Å². The molecule has 0 aliphatic rings. The van der Waals surface area contributed by atoms with E-state index in [1.54, 1.807) is 7.05 Å². The molecule has 0 aliphatic heterocycles. The van der Waals surface area contributed by atoms with E-state index in [0.717, 1.165) is 26.5 Å². The Hall–Kier alpha value is -2.12. The molecule has 0 spiro atoms. The van der Waals surface area contributed by atoms with E-state index < -0.39 is 0 Å². The van der Waals surface area contributed by atoms with Gasteiger partial charge in [-0.25, -0.2) is 4.98 Å². The average molecular weight is 374 g/mol. The third-order valence-corrected chi connectivity index (χ3v) is 5.67. The number of aryl methyl sites for hydroxylation is 3. The molecular weight excluding hydrogens is 354 g/mol. The summed E-state index contributed by atoms with van der Waals surface area (Å²) in [7, 11) is 1.69. The van der Waals surface area contributed by atoms with E-state index in [2.05, 4.69) is 16.4 Å². The average Bonchev–Trinajstić information content (AvgIpc) is 2.89. The molecule has 0 aliphatic carbocycles. The molecule has 0 unspecified atom stereocenters. The summed E-state index contributed by atoms with van der Waals surface area (Å²) in [5, 5.41) is 4.08. The number of hydrogen-bond acceptors (Lipinski definition) is 5. The van der Waals surface area contributed by atoms with Crippen LogP contribution in [0, 0.1) is 20.8 Å². The summed E-state index contributed by atoms with van der Waals surface area (Å²) in [5.41, 5.74) is 2.91. The van der Waals surface area contributed by atoms with E-state index >= 15 is 0 Å². The lowest BCUT2D eigenvalue weighted by Crippen LogP contribution is -2.20. The van der Waals surface area contributed by atoms with E-state index in [1.165, 1.54) is 27.7 Å². The number of thiophene rings is 1. The largest absolute Gasteiger partial charge is 0.325 e. The van der Waals surface area contributed by atoms with Gasteiger partial charge in [-0.15, -0.1) is 11.3 Å². The molecule has 0 saturated heterocycles. The van der Waals surface area contributed by atoms with Gasteiger partial charge in [0.15, 0.2) is 5.16 Å². The van der Waals surface area contributed by atoms with E-state index in [-0.39, 0.29) is 17.2 Å². The summed E-state index contributed by atoms with van der Waals surface area (Å²) in [6.45, 7) is 5.94. The fourth-order valence-electron chi connectivity index (χ4n) is 2.67. The molecule has 0 radical (unpaired) electrons. The van der Waals surface area contributed by atoms with Crippen LogP contribution >= 0.6 is 23.1 Å². The molecule has 0 fully saturated rings. The van der Waals surface area contributed by atoms with Crippen molar-refractivity contribution in [2.75, 3.05) is 11.1 Å². The molecule has 1 amide bonds. The van der Waals surface area contributed by atoms with Crippen LogP contribution in [-0.4, -0.2) is 21.2 Å². The van der Waals surface area contributed by atoms with E-state index in [4.69, 9.17) is 0 Å². The first kappa shape index (κ1) is 17.7. The highest BCUT2D eigenvalue weighted by Crippen LogP contribution is 2.24. The topological polar surface area (TPSA) is 64.0 Å². The summed E-state index contributed by atoms with van der Waals surface area (Å²) in [5.74, 6) is 0.0788. The predicted molar refractivity (Wildman–Crippen MR) is 105 cm³/mol. The van der Waals surface area contributed by atoms with Crippen LogP contribution in [-0.2, 0) is 11.8 Å². The Labute approximate surface area is 154 Å². The molecule has 130 valence electrons. The first-order valence-electron chi connectivity index (χ1n) is 7.81. The fraction of sp³-hybridized carbons (Fsp3) is 0.278. The molecule has 5 nitrogen and oxygen atoms in total. The summed E-state index contributed by atoms with van der Waals surface area (Å²) in [4.78, 5) is 30.9. The highest BCUT2D eigenvalue weighted by molar-refractivity contribution is 7.99. The lowest BCUT2D eigenvalue weighted by molar-refractivity contribution is -0.113. The van der Waals surface area contributed by atoms with Crippen molar-refractivity contribution in [1.82, 2.24) is 9.55 Å². The van der Waals surface area contributed by atoms with Crippen molar-refractivity contribution in [3.63, 3.8) is 0 Å².